The first-order valence-electron chi connectivity index (χ1n) is 4.64. The fourth-order valence-corrected chi connectivity index (χ4v) is 1.76. The van der Waals surface area contributed by atoms with Gasteiger partial charge in [0.05, 0.1) is 5.41 Å². The lowest BCUT2D eigenvalue weighted by molar-refractivity contribution is -0.156. The summed E-state index contributed by atoms with van der Waals surface area (Å²) in [5.74, 6) is -1.30. The predicted molar refractivity (Wildman–Crippen MR) is 57.5 cm³/mol. The van der Waals surface area contributed by atoms with Gasteiger partial charge in [0, 0.05) is 0 Å². The molecular weight excluding hydrogens is 216 g/mol. The van der Waals surface area contributed by atoms with Crippen LogP contribution in [0.25, 0.3) is 0 Å². The Morgan fingerprint density at radius 2 is 2.27 bits per heavy atom. The molecule has 4 nitrogen and oxygen atoms in total. The van der Waals surface area contributed by atoms with E-state index in [1.807, 2.05) is 11.5 Å². The summed E-state index contributed by atoms with van der Waals surface area (Å²) in [5.41, 5.74) is -1.02. The molecule has 0 aromatic heterocycles. The van der Waals surface area contributed by atoms with Gasteiger partial charge in [-0.2, -0.15) is 0 Å². The lowest BCUT2D eigenvalue weighted by Gasteiger charge is -2.19. The van der Waals surface area contributed by atoms with Crippen molar-refractivity contribution in [2.24, 2.45) is 5.41 Å². The number of carboxylic acids is 1. The molecule has 0 saturated carbocycles. The molecule has 1 unspecified atom stereocenters. The van der Waals surface area contributed by atoms with Crippen LogP contribution in [0.2, 0.25) is 0 Å². The Morgan fingerprint density at radius 3 is 2.73 bits per heavy atom. The molecule has 84 valence electrons. The third kappa shape index (κ3) is 3.27. The zero-order valence-corrected chi connectivity index (χ0v) is 9.54. The number of hydrogen-bond donors (Lipinski definition) is 1. The molecule has 0 aromatic carbocycles. The van der Waals surface area contributed by atoms with Crippen LogP contribution in [0.5, 0.6) is 0 Å². The molecule has 1 atom stereocenters. The molecule has 0 bridgehead atoms. The number of thioether (sulfide) groups is 1. The van der Waals surface area contributed by atoms with Crippen molar-refractivity contribution in [1.82, 2.24) is 0 Å². The van der Waals surface area contributed by atoms with Crippen LogP contribution in [0.4, 0.5) is 0 Å². The maximum absolute atomic E-state index is 11.4. The van der Waals surface area contributed by atoms with Gasteiger partial charge in [0.2, 0.25) is 0 Å². The van der Waals surface area contributed by atoms with Gasteiger partial charge in [-0.15, -0.1) is 11.8 Å². The number of carbonyl (C=O) groups excluding carboxylic acids is 1. The molecule has 0 fully saturated rings. The van der Waals surface area contributed by atoms with Gasteiger partial charge < -0.3 is 9.84 Å². The molecule has 1 aliphatic heterocycles. The molecule has 1 N–H and O–H groups in total. The Morgan fingerprint density at radius 1 is 1.60 bits per heavy atom. The van der Waals surface area contributed by atoms with E-state index in [0.29, 0.717) is 6.42 Å². The van der Waals surface area contributed by atoms with Gasteiger partial charge in [0.15, 0.2) is 0 Å². The molecule has 0 aromatic rings. The van der Waals surface area contributed by atoms with Crippen molar-refractivity contribution >= 4 is 23.7 Å². The van der Waals surface area contributed by atoms with Gasteiger partial charge in [-0.05, 0) is 25.7 Å². The second-order valence-corrected chi connectivity index (χ2v) is 5.14. The fraction of sp³-hybridized carbons (Fsp3) is 0.600. The predicted octanol–water partition coefficient (Wildman–Crippen LogP) is 1.66. The van der Waals surface area contributed by atoms with Gasteiger partial charge >= 0.3 is 11.9 Å². The third-order valence-corrected chi connectivity index (χ3v) is 3.17. The van der Waals surface area contributed by atoms with Crippen LogP contribution in [0.15, 0.2) is 11.5 Å². The number of hydrogen-bond acceptors (Lipinski definition) is 4. The summed E-state index contributed by atoms with van der Waals surface area (Å²) in [7, 11) is 0. The van der Waals surface area contributed by atoms with Crippen molar-refractivity contribution in [3.63, 3.8) is 0 Å². The minimum Gasteiger partial charge on any atom is -0.481 e. The van der Waals surface area contributed by atoms with E-state index in [1.165, 1.54) is 25.6 Å². The average Bonchev–Trinajstić information content (AvgIpc) is 2.66. The summed E-state index contributed by atoms with van der Waals surface area (Å²) < 4.78 is 4.97. The van der Waals surface area contributed by atoms with E-state index in [2.05, 4.69) is 0 Å². The lowest BCUT2D eigenvalue weighted by Crippen LogP contribution is -2.32. The first-order valence-corrected chi connectivity index (χ1v) is 5.58. The Bertz CT molecular complexity index is 288. The maximum atomic E-state index is 11.4. The summed E-state index contributed by atoms with van der Waals surface area (Å²) >= 11 is 1.41. The molecule has 1 rings (SSSR count). The first kappa shape index (κ1) is 12.1. The molecule has 0 radical (unpaired) electrons. The van der Waals surface area contributed by atoms with Gasteiger partial charge in [-0.3, -0.25) is 9.59 Å². The maximum Gasteiger partial charge on any atom is 0.319 e. The highest BCUT2D eigenvalue weighted by molar-refractivity contribution is 8.03. The number of carboxylic acid groups (broad SMARTS) is 1. The number of allylic oxidation sites excluding steroid dienone is 1. The van der Waals surface area contributed by atoms with E-state index >= 15 is 0 Å². The Kier molecular flexibility index (Phi) is 3.79. The smallest absolute Gasteiger partial charge is 0.319 e. The van der Waals surface area contributed by atoms with Crippen molar-refractivity contribution < 1.29 is 19.4 Å². The minimum atomic E-state index is -1.02. The topological polar surface area (TPSA) is 63.6 Å². The largest absolute Gasteiger partial charge is 0.481 e. The number of carbonyl (C=O) groups is 2. The molecule has 0 amide bonds. The quantitative estimate of drug-likeness (QED) is 0.744. The normalized spacial score (nSPS) is 20.3. The second-order valence-electron chi connectivity index (χ2n) is 4.03. The highest BCUT2D eigenvalue weighted by atomic mass is 32.2. The van der Waals surface area contributed by atoms with Crippen LogP contribution in [-0.2, 0) is 14.3 Å². The molecule has 0 spiro atoms. The van der Waals surface area contributed by atoms with E-state index < -0.39 is 11.4 Å². The van der Waals surface area contributed by atoms with Crippen molar-refractivity contribution in [3.8, 4) is 0 Å². The van der Waals surface area contributed by atoms with Crippen LogP contribution in [-0.4, -0.2) is 28.9 Å². The molecule has 1 heterocycles. The molecule has 15 heavy (non-hydrogen) atoms. The van der Waals surface area contributed by atoms with Gasteiger partial charge in [-0.25, -0.2) is 0 Å². The van der Waals surface area contributed by atoms with Crippen LogP contribution in [0.1, 0.15) is 20.3 Å². The van der Waals surface area contributed by atoms with E-state index in [0.717, 1.165) is 0 Å². The van der Waals surface area contributed by atoms with Crippen LogP contribution >= 0.6 is 11.8 Å². The Balaban J connectivity index is 2.36. The molecule has 1 aliphatic rings. The lowest BCUT2D eigenvalue weighted by atomic mass is 9.95. The molecular formula is C10H14O4S. The van der Waals surface area contributed by atoms with Crippen molar-refractivity contribution in [2.75, 3.05) is 6.61 Å². The average molecular weight is 230 g/mol. The summed E-state index contributed by atoms with van der Waals surface area (Å²) in [6.45, 7) is 2.98. The number of esters is 1. The standard InChI is InChI=1S/C10H14O4S/c1-10(2,9(12)13)6-14-8(11)7-4-3-5-15-7/h3,5,7H,4,6H2,1-2H3,(H,12,13). The van der Waals surface area contributed by atoms with Crippen molar-refractivity contribution in [2.45, 2.75) is 25.5 Å². The Hall–Kier alpha value is -0.970. The number of rotatable bonds is 4. The number of aliphatic carboxylic acids is 1. The van der Waals surface area contributed by atoms with E-state index in [4.69, 9.17) is 9.84 Å². The van der Waals surface area contributed by atoms with E-state index in [9.17, 15) is 9.59 Å². The summed E-state index contributed by atoms with van der Waals surface area (Å²) in [5, 5.41) is 10.5. The van der Waals surface area contributed by atoms with Crippen molar-refractivity contribution in [3.05, 3.63) is 11.5 Å². The zero-order chi connectivity index (χ0) is 11.5. The Labute approximate surface area is 92.7 Å². The molecule has 5 heteroatoms. The third-order valence-electron chi connectivity index (χ3n) is 2.11. The SMILES string of the molecule is CC(C)(COC(=O)C1CC=CS1)C(=O)O. The fourth-order valence-electron chi connectivity index (χ4n) is 0.943. The van der Waals surface area contributed by atoms with Crippen molar-refractivity contribution in [1.29, 1.82) is 0 Å². The summed E-state index contributed by atoms with van der Waals surface area (Å²) in [6, 6.07) is 0. The monoisotopic (exact) mass is 230 g/mol. The number of ether oxygens (including phenoxy) is 1. The summed E-state index contributed by atoms with van der Waals surface area (Å²) in [6.07, 6.45) is 2.57. The highest BCUT2D eigenvalue weighted by Gasteiger charge is 2.31. The van der Waals surface area contributed by atoms with E-state index in [1.54, 1.807) is 0 Å². The zero-order valence-electron chi connectivity index (χ0n) is 8.73. The minimum absolute atomic E-state index is 0.0851. The second kappa shape index (κ2) is 4.70. The van der Waals surface area contributed by atoms with Gasteiger partial charge in [0.25, 0.3) is 0 Å². The molecule has 0 saturated heterocycles. The van der Waals surface area contributed by atoms with Crippen LogP contribution < -0.4 is 0 Å². The molecule has 0 aliphatic carbocycles. The van der Waals surface area contributed by atoms with Gasteiger partial charge in [-0.1, -0.05) is 6.08 Å². The van der Waals surface area contributed by atoms with E-state index in [-0.39, 0.29) is 17.8 Å². The van der Waals surface area contributed by atoms with Gasteiger partial charge in [0.1, 0.15) is 11.9 Å². The van der Waals surface area contributed by atoms with Crippen LogP contribution in [0.3, 0.4) is 0 Å². The highest BCUT2D eigenvalue weighted by Crippen LogP contribution is 2.26. The first-order chi connectivity index (χ1) is 6.93. The van der Waals surface area contributed by atoms with Crippen LogP contribution in [0, 0.1) is 5.41 Å². The summed E-state index contributed by atoms with van der Waals surface area (Å²) in [4.78, 5) is 22.2.